The summed E-state index contributed by atoms with van der Waals surface area (Å²) in [7, 11) is 0. The lowest BCUT2D eigenvalue weighted by atomic mass is 10.1. The molecule has 2 aromatic carbocycles. The van der Waals surface area contributed by atoms with Crippen LogP contribution in [0.4, 0.5) is 0 Å². The first-order chi connectivity index (χ1) is 11.7. The Hall–Kier alpha value is -1.39. The van der Waals surface area contributed by atoms with E-state index in [2.05, 4.69) is 34.1 Å². The molecule has 0 amide bonds. The summed E-state index contributed by atoms with van der Waals surface area (Å²) >= 11 is 5.93. The van der Waals surface area contributed by atoms with E-state index in [1.165, 1.54) is 11.1 Å². The SMILES string of the molecule is OCc1ccccc1CN1CCN(CCc2ccc(Cl)cc2)CC1. The first-order valence-corrected chi connectivity index (χ1v) is 8.99. The van der Waals surface area contributed by atoms with Crippen molar-refractivity contribution in [2.75, 3.05) is 32.7 Å². The lowest BCUT2D eigenvalue weighted by Crippen LogP contribution is -2.46. The third-order valence-corrected chi connectivity index (χ3v) is 5.03. The molecular weight excluding hydrogens is 320 g/mol. The minimum Gasteiger partial charge on any atom is -0.392 e. The van der Waals surface area contributed by atoms with Crippen molar-refractivity contribution in [3.05, 3.63) is 70.2 Å². The summed E-state index contributed by atoms with van der Waals surface area (Å²) in [6.07, 6.45) is 1.07. The fraction of sp³-hybridized carbons (Fsp3) is 0.400. The highest BCUT2D eigenvalue weighted by Gasteiger charge is 2.17. The van der Waals surface area contributed by atoms with Gasteiger partial charge < -0.3 is 10.0 Å². The first kappa shape index (κ1) is 17.4. The summed E-state index contributed by atoms with van der Waals surface area (Å²) in [6.45, 7) is 6.53. The molecule has 4 heteroatoms. The van der Waals surface area contributed by atoms with E-state index in [0.717, 1.165) is 56.3 Å². The molecule has 0 aromatic heterocycles. The van der Waals surface area contributed by atoms with Crippen molar-refractivity contribution in [3.8, 4) is 0 Å². The highest BCUT2D eigenvalue weighted by molar-refractivity contribution is 6.30. The van der Waals surface area contributed by atoms with Gasteiger partial charge in [-0.15, -0.1) is 0 Å². The van der Waals surface area contributed by atoms with Gasteiger partial charge in [0.25, 0.3) is 0 Å². The summed E-state index contributed by atoms with van der Waals surface area (Å²) in [6, 6.07) is 16.3. The fourth-order valence-electron chi connectivity index (χ4n) is 3.22. The smallest absolute Gasteiger partial charge is 0.0685 e. The third kappa shape index (κ3) is 4.81. The summed E-state index contributed by atoms with van der Waals surface area (Å²) in [5.74, 6) is 0. The van der Waals surface area contributed by atoms with Gasteiger partial charge in [0.15, 0.2) is 0 Å². The third-order valence-electron chi connectivity index (χ3n) is 4.78. The van der Waals surface area contributed by atoms with Gasteiger partial charge in [-0.05, 0) is 35.2 Å². The molecule has 0 atom stereocenters. The maximum atomic E-state index is 9.45. The van der Waals surface area contributed by atoms with Gasteiger partial charge in [-0.2, -0.15) is 0 Å². The summed E-state index contributed by atoms with van der Waals surface area (Å²) in [5, 5.41) is 10.3. The van der Waals surface area contributed by atoms with Gasteiger partial charge in [0, 0.05) is 44.3 Å². The van der Waals surface area contributed by atoms with Crippen molar-refractivity contribution in [1.82, 2.24) is 9.80 Å². The number of aliphatic hydroxyl groups is 1. The normalized spacial score (nSPS) is 16.4. The average Bonchev–Trinajstić information content (AvgIpc) is 2.63. The second-order valence-corrected chi connectivity index (χ2v) is 6.86. The number of rotatable bonds is 6. The number of halogens is 1. The number of piperazine rings is 1. The maximum absolute atomic E-state index is 9.45. The minimum atomic E-state index is 0.122. The highest BCUT2D eigenvalue weighted by Crippen LogP contribution is 2.14. The second-order valence-electron chi connectivity index (χ2n) is 6.42. The van der Waals surface area contributed by atoms with Crippen LogP contribution in [0.15, 0.2) is 48.5 Å². The van der Waals surface area contributed by atoms with E-state index in [1.807, 2.05) is 24.3 Å². The topological polar surface area (TPSA) is 26.7 Å². The molecule has 3 rings (SSSR count). The van der Waals surface area contributed by atoms with Crippen LogP contribution in [-0.4, -0.2) is 47.6 Å². The van der Waals surface area contributed by atoms with Crippen molar-refractivity contribution in [1.29, 1.82) is 0 Å². The molecule has 1 aliphatic heterocycles. The van der Waals surface area contributed by atoms with Crippen molar-refractivity contribution in [2.45, 2.75) is 19.6 Å². The zero-order chi connectivity index (χ0) is 16.8. The lowest BCUT2D eigenvalue weighted by molar-refractivity contribution is 0.127. The van der Waals surface area contributed by atoms with Gasteiger partial charge in [-0.3, -0.25) is 4.90 Å². The monoisotopic (exact) mass is 344 g/mol. The molecule has 0 aliphatic carbocycles. The Balaban J connectivity index is 1.44. The fourth-order valence-corrected chi connectivity index (χ4v) is 3.34. The average molecular weight is 345 g/mol. The second kappa shape index (κ2) is 8.63. The van der Waals surface area contributed by atoms with Crippen molar-refractivity contribution >= 4 is 11.6 Å². The van der Waals surface area contributed by atoms with E-state index < -0.39 is 0 Å². The lowest BCUT2D eigenvalue weighted by Gasteiger charge is -2.35. The molecule has 1 saturated heterocycles. The van der Waals surface area contributed by atoms with E-state index in [4.69, 9.17) is 11.6 Å². The van der Waals surface area contributed by atoms with E-state index in [9.17, 15) is 5.11 Å². The molecule has 1 heterocycles. The Labute approximate surface area is 149 Å². The molecular formula is C20H25ClN2O. The van der Waals surface area contributed by atoms with Gasteiger partial charge in [-0.25, -0.2) is 0 Å². The molecule has 24 heavy (non-hydrogen) atoms. The zero-order valence-corrected chi connectivity index (χ0v) is 14.8. The number of benzene rings is 2. The quantitative estimate of drug-likeness (QED) is 0.871. The van der Waals surface area contributed by atoms with Crippen LogP contribution in [0.5, 0.6) is 0 Å². The van der Waals surface area contributed by atoms with Crippen LogP contribution in [-0.2, 0) is 19.6 Å². The Morgan fingerprint density at radius 2 is 1.46 bits per heavy atom. The number of nitrogens with zero attached hydrogens (tertiary/aromatic N) is 2. The van der Waals surface area contributed by atoms with Crippen molar-refractivity contribution in [2.24, 2.45) is 0 Å². The van der Waals surface area contributed by atoms with Gasteiger partial charge in [-0.1, -0.05) is 48.0 Å². The summed E-state index contributed by atoms with van der Waals surface area (Å²) in [5.41, 5.74) is 3.64. The van der Waals surface area contributed by atoms with Crippen molar-refractivity contribution in [3.63, 3.8) is 0 Å². The Kier molecular flexibility index (Phi) is 6.27. The van der Waals surface area contributed by atoms with Gasteiger partial charge in [0.05, 0.1) is 6.61 Å². The molecule has 0 saturated carbocycles. The standard InChI is InChI=1S/C20H25ClN2O/c21-20-7-5-17(6-8-20)9-10-22-11-13-23(14-12-22)15-18-3-1-2-4-19(18)16-24/h1-8,24H,9-16H2. The minimum absolute atomic E-state index is 0.122. The van der Waals surface area contributed by atoms with Crippen LogP contribution >= 0.6 is 11.6 Å². The highest BCUT2D eigenvalue weighted by atomic mass is 35.5. The largest absolute Gasteiger partial charge is 0.392 e. The molecule has 1 N–H and O–H groups in total. The molecule has 1 fully saturated rings. The van der Waals surface area contributed by atoms with E-state index in [1.54, 1.807) is 0 Å². The molecule has 2 aromatic rings. The molecule has 0 spiro atoms. The van der Waals surface area contributed by atoms with Crippen LogP contribution < -0.4 is 0 Å². The van der Waals surface area contributed by atoms with E-state index in [0.29, 0.717) is 0 Å². The molecule has 128 valence electrons. The summed E-state index contributed by atoms with van der Waals surface area (Å²) < 4.78 is 0. The Bertz CT molecular complexity index is 636. The van der Waals surface area contributed by atoms with E-state index in [-0.39, 0.29) is 6.61 Å². The first-order valence-electron chi connectivity index (χ1n) is 8.61. The van der Waals surface area contributed by atoms with Crippen LogP contribution in [0.2, 0.25) is 5.02 Å². The van der Waals surface area contributed by atoms with E-state index >= 15 is 0 Å². The van der Waals surface area contributed by atoms with Gasteiger partial charge in [0.1, 0.15) is 0 Å². The van der Waals surface area contributed by atoms with Crippen LogP contribution in [0.3, 0.4) is 0 Å². The van der Waals surface area contributed by atoms with Gasteiger partial charge in [0.2, 0.25) is 0 Å². The number of hydrogen-bond donors (Lipinski definition) is 1. The Morgan fingerprint density at radius 1 is 0.833 bits per heavy atom. The Morgan fingerprint density at radius 3 is 2.12 bits per heavy atom. The van der Waals surface area contributed by atoms with Crippen molar-refractivity contribution < 1.29 is 5.11 Å². The maximum Gasteiger partial charge on any atom is 0.0685 e. The van der Waals surface area contributed by atoms with Gasteiger partial charge >= 0.3 is 0 Å². The van der Waals surface area contributed by atoms with Crippen LogP contribution in [0.25, 0.3) is 0 Å². The molecule has 0 unspecified atom stereocenters. The predicted molar refractivity (Wildman–Crippen MR) is 99.2 cm³/mol. The molecule has 1 aliphatic rings. The summed E-state index contributed by atoms with van der Waals surface area (Å²) in [4.78, 5) is 5.01. The predicted octanol–water partition coefficient (Wildman–Crippen LogP) is 3.19. The number of aliphatic hydroxyl groups excluding tert-OH is 1. The molecule has 0 radical (unpaired) electrons. The van der Waals surface area contributed by atoms with Crippen LogP contribution in [0.1, 0.15) is 16.7 Å². The number of hydrogen-bond acceptors (Lipinski definition) is 3. The zero-order valence-electron chi connectivity index (χ0n) is 14.0. The molecule has 0 bridgehead atoms. The van der Waals surface area contributed by atoms with Crippen LogP contribution in [0, 0.1) is 0 Å². The molecule has 3 nitrogen and oxygen atoms in total.